The summed E-state index contributed by atoms with van der Waals surface area (Å²) in [6.07, 6.45) is 31.0. The molecule has 0 unspecified atom stereocenters. The average Bonchev–Trinajstić information content (AvgIpc) is 2.92. The van der Waals surface area contributed by atoms with Crippen LogP contribution in [0.3, 0.4) is 0 Å². The summed E-state index contributed by atoms with van der Waals surface area (Å²) in [4.78, 5) is 0. The van der Waals surface area contributed by atoms with Gasteiger partial charge in [0.25, 0.3) is 0 Å². The molecule has 0 radical (unpaired) electrons. The largest absolute Gasteiger partial charge is 0.0654 e. The standard InChI is InChI=1S/C35H58/c1-3-5-6-7-29-8-10-30(11-9-29)12-13-31-14-16-32(17-15-31)18-19-33-22-26-35(27-23-33)34-24-20-28(4-2)21-25-34/h22-23,26-32,34H,3-21,24-25H2,1-2H3. The van der Waals surface area contributed by atoms with Crippen LogP contribution in [0.1, 0.15) is 159 Å². The highest BCUT2D eigenvalue weighted by atomic mass is 14.3. The zero-order chi connectivity index (χ0) is 24.3. The lowest BCUT2D eigenvalue weighted by molar-refractivity contribution is 0.208. The lowest BCUT2D eigenvalue weighted by atomic mass is 9.74. The van der Waals surface area contributed by atoms with Gasteiger partial charge in [0.05, 0.1) is 0 Å². The molecule has 0 heteroatoms. The molecule has 0 bridgehead atoms. The van der Waals surface area contributed by atoms with Crippen molar-refractivity contribution in [2.45, 2.75) is 155 Å². The number of aryl methyl sites for hydroxylation is 1. The Kier molecular flexibility index (Phi) is 11.6. The first-order chi connectivity index (χ1) is 17.2. The van der Waals surface area contributed by atoms with Gasteiger partial charge in [0.1, 0.15) is 0 Å². The quantitative estimate of drug-likeness (QED) is 0.262. The second-order valence-electron chi connectivity index (χ2n) is 13.3. The molecule has 3 saturated carbocycles. The second kappa shape index (κ2) is 14.8. The van der Waals surface area contributed by atoms with Crippen LogP contribution in [0.4, 0.5) is 0 Å². The van der Waals surface area contributed by atoms with E-state index in [0.717, 1.165) is 35.5 Å². The van der Waals surface area contributed by atoms with E-state index in [1.807, 2.05) is 0 Å². The molecule has 198 valence electrons. The van der Waals surface area contributed by atoms with Gasteiger partial charge in [-0.2, -0.15) is 0 Å². The van der Waals surface area contributed by atoms with Crippen molar-refractivity contribution in [3.8, 4) is 0 Å². The molecule has 0 atom stereocenters. The fraction of sp³-hybridized carbons (Fsp3) is 0.829. The fourth-order valence-corrected chi connectivity index (χ4v) is 8.00. The van der Waals surface area contributed by atoms with Gasteiger partial charge in [0.2, 0.25) is 0 Å². The lowest BCUT2D eigenvalue weighted by Crippen LogP contribution is -2.18. The van der Waals surface area contributed by atoms with Gasteiger partial charge in [0, 0.05) is 0 Å². The van der Waals surface area contributed by atoms with Crippen molar-refractivity contribution in [2.24, 2.45) is 29.6 Å². The van der Waals surface area contributed by atoms with Crippen LogP contribution in [0.15, 0.2) is 24.3 Å². The van der Waals surface area contributed by atoms with E-state index >= 15 is 0 Å². The van der Waals surface area contributed by atoms with Crippen LogP contribution in [-0.4, -0.2) is 0 Å². The van der Waals surface area contributed by atoms with Gasteiger partial charge in [-0.1, -0.05) is 134 Å². The topological polar surface area (TPSA) is 0 Å². The van der Waals surface area contributed by atoms with Crippen LogP contribution in [-0.2, 0) is 6.42 Å². The number of hydrogen-bond acceptors (Lipinski definition) is 0. The third-order valence-corrected chi connectivity index (χ3v) is 10.8. The summed E-state index contributed by atoms with van der Waals surface area (Å²) < 4.78 is 0. The van der Waals surface area contributed by atoms with E-state index in [1.165, 1.54) is 96.3 Å². The summed E-state index contributed by atoms with van der Waals surface area (Å²) in [7, 11) is 0. The Morgan fingerprint density at radius 2 is 1.00 bits per heavy atom. The van der Waals surface area contributed by atoms with E-state index in [1.54, 1.807) is 49.7 Å². The molecular formula is C35H58. The molecule has 0 amide bonds. The molecular weight excluding hydrogens is 420 g/mol. The smallest absolute Gasteiger partial charge is 0.0162 e. The molecule has 1 aromatic carbocycles. The molecule has 0 nitrogen and oxygen atoms in total. The highest BCUT2D eigenvalue weighted by Crippen LogP contribution is 2.39. The molecule has 3 aliphatic rings. The molecule has 0 saturated heterocycles. The minimum atomic E-state index is 0.836. The zero-order valence-electron chi connectivity index (χ0n) is 23.6. The molecule has 0 N–H and O–H groups in total. The maximum absolute atomic E-state index is 2.47. The number of hydrogen-bond donors (Lipinski definition) is 0. The Labute approximate surface area is 219 Å². The van der Waals surface area contributed by atoms with Crippen LogP contribution >= 0.6 is 0 Å². The predicted molar refractivity (Wildman–Crippen MR) is 154 cm³/mol. The third kappa shape index (κ3) is 8.93. The Bertz CT molecular complexity index is 662. The van der Waals surface area contributed by atoms with Gasteiger partial charge >= 0.3 is 0 Å². The van der Waals surface area contributed by atoms with Crippen LogP contribution < -0.4 is 0 Å². The molecule has 0 aromatic heterocycles. The fourth-order valence-electron chi connectivity index (χ4n) is 8.00. The van der Waals surface area contributed by atoms with Gasteiger partial charge in [-0.3, -0.25) is 0 Å². The molecule has 4 rings (SSSR count). The molecule has 35 heavy (non-hydrogen) atoms. The Hall–Kier alpha value is -0.780. The maximum atomic E-state index is 2.47. The van der Waals surface area contributed by atoms with Gasteiger partial charge in [0.15, 0.2) is 0 Å². The van der Waals surface area contributed by atoms with Crippen molar-refractivity contribution in [3.63, 3.8) is 0 Å². The molecule has 0 spiro atoms. The van der Waals surface area contributed by atoms with Gasteiger partial charge in [-0.15, -0.1) is 0 Å². The van der Waals surface area contributed by atoms with Crippen LogP contribution in [0.2, 0.25) is 0 Å². The number of benzene rings is 1. The van der Waals surface area contributed by atoms with Crippen molar-refractivity contribution in [1.29, 1.82) is 0 Å². The minimum absolute atomic E-state index is 0.836. The van der Waals surface area contributed by atoms with Gasteiger partial charge in [-0.25, -0.2) is 0 Å². The number of unbranched alkanes of at least 4 members (excludes halogenated alkanes) is 2. The first kappa shape index (κ1) is 27.3. The summed E-state index contributed by atoms with van der Waals surface area (Å²) in [5.74, 6) is 6.03. The average molecular weight is 479 g/mol. The summed E-state index contributed by atoms with van der Waals surface area (Å²) in [5.41, 5.74) is 3.21. The highest BCUT2D eigenvalue weighted by molar-refractivity contribution is 5.26. The highest BCUT2D eigenvalue weighted by Gasteiger charge is 2.25. The zero-order valence-corrected chi connectivity index (χ0v) is 23.6. The summed E-state index contributed by atoms with van der Waals surface area (Å²) in [5, 5.41) is 0. The van der Waals surface area contributed by atoms with Crippen molar-refractivity contribution in [2.75, 3.05) is 0 Å². The van der Waals surface area contributed by atoms with E-state index in [9.17, 15) is 0 Å². The minimum Gasteiger partial charge on any atom is -0.0654 e. The molecule has 3 aliphatic carbocycles. The van der Waals surface area contributed by atoms with E-state index in [2.05, 4.69) is 38.1 Å². The van der Waals surface area contributed by atoms with Crippen molar-refractivity contribution in [3.05, 3.63) is 35.4 Å². The SMILES string of the molecule is CCCCCC1CCC(CCC2CCC(CCc3ccc(C4CCC(CC)CC4)cc3)CC2)CC1. The number of rotatable bonds is 12. The van der Waals surface area contributed by atoms with Crippen LogP contribution in [0.25, 0.3) is 0 Å². The summed E-state index contributed by atoms with van der Waals surface area (Å²) >= 11 is 0. The Balaban J connectivity index is 1.07. The Morgan fingerprint density at radius 3 is 1.51 bits per heavy atom. The predicted octanol–water partition coefficient (Wildman–Crippen LogP) is 11.3. The van der Waals surface area contributed by atoms with Crippen LogP contribution in [0, 0.1) is 29.6 Å². The molecule has 0 heterocycles. The first-order valence-corrected chi connectivity index (χ1v) is 16.3. The lowest BCUT2D eigenvalue weighted by Gasteiger charge is -2.32. The molecule has 3 fully saturated rings. The normalized spacial score (nSPS) is 31.9. The second-order valence-corrected chi connectivity index (χ2v) is 13.3. The van der Waals surface area contributed by atoms with E-state index < -0.39 is 0 Å². The monoisotopic (exact) mass is 478 g/mol. The maximum Gasteiger partial charge on any atom is -0.0162 e. The van der Waals surface area contributed by atoms with Crippen molar-refractivity contribution < 1.29 is 0 Å². The van der Waals surface area contributed by atoms with Crippen molar-refractivity contribution >= 4 is 0 Å². The molecule has 1 aromatic rings. The van der Waals surface area contributed by atoms with Gasteiger partial charge < -0.3 is 0 Å². The summed E-state index contributed by atoms with van der Waals surface area (Å²) in [6, 6.07) is 9.88. The van der Waals surface area contributed by atoms with E-state index in [4.69, 9.17) is 0 Å². The van der Waals surface area contributed by atoms with Gasteiger partial charge in [-0.05, 0) is 85.2 Å². The molecule has 0 aliphatic heterocycles. The third-order valence-electron chi connectivity index (χ3n) is 10.8. The summed E-state index contributed by atoms with van der Waals surface area (Å²) in [6.45, 7) is 4.70. The van der Waals surface area contributed by atoms with E-state index in [-0.39, 0.29) is 0 Å². The Morgan fingerprint density at radius 1 is 0.514 bits per heavy atom. The van der Waals surface area contributed by atoms with E-state index in [0.29, 0.717) is 0 Å². The van der Waals surface area contributed by atoms with Crippen molar-refractivity contribution in [1.82, 2.24) is 0 Å². The first-order valence-electron chi connectivity index (χ1n) is 16.3. The van der Waals surface area contributed by atoms with Crippen LogP contribution in [0.5, 0.6) is 0 Å².